The van der Waals surface area contributed by atoms with Crippen molar-refractivity contribution in [2.45, 2.75) is 98.3 Å². The maximum absolute atomic E-state index is 12.8. The minimum atomic E-state index is 0.00737. The minimum Gasteiger partial charge on any atom is -0.287 e. The summed E-state index contributed by atoms with van der Waals surface area (Å²) in [6.45, 7) is 8.88. The molecule has 0 bridgehead atoms. The van der Waals surface area contributed by atoms with Gasteiger partial charge in [-0.3, -0.25) is 4.79 Å². The number of allylic oxidation sites excluding steroid dienone is 1. The van der Waals surface area contributed by atoms with Crippen LogP contribution < -0.4 is 0 Å². The first kappa shape index (κ1) is 25.5. The van der Waals surface area contributed by atoms with Crippen molar-refractivity contribution < 1.29 is 4.79 Å². The Labute approximate surface area is 182 Å². The molecular weight excluding hydrogens is 388 g/mol. The first-order valence-electron chi connectivity index (χ1n) is 11.1. The smallest absolute Gasteiger partial charge is 0.196 e. The van der Waals surface area contributed by atoms with Crippen LogP contribution in [-0.2, 0) is 4.79 Å². The summed E-state index contributed by atoms with van der Waals surface area (Å²) in [4.78, 5) is 12.8. The second kappa shape index (κ2) is 15.3. The maximum Gasteiger partial charge on any atom is 0.196 e. The predicted molar refractivity (Wildman–Crippen MR) is 130 cm³/mol. The van der Waals surface area contributed by atoms with E-state index >= 15 is 0 Å². The Hall–Kier alpha value is 0.460. The van der Waals surface area contributed by atoms with Crippen LogP contribution in [0.4, 0.5) is 0 Å². The first-order chi connectivity index (χ1) is 12.9. The molecule has 0 radical (unpaired) electrons. The van der Waals surface area contributed by atoms with Gasteiger partial charge in [0.1, 0.15) is 0 Å². The molecule has 1 aliphatic rings. The lowest BCUT2D eigenvalue weighted by Gasteiger charge is -2.28. The summed E-state index contributed by atoms with van der Waals surface area (Å²) in [7, 11) is 0. The van der Waals surface area contributed by atoms with Gasteiger partial charge in [-0.15, -0.1) is 23.5 Å². The molecule has 1 aliphatic heterocycles. The van der Waals surface area contributed by atoms with Crippen molar-refractivity contribution in [3.63, 3.8) is 0 Å². The van der Waals surface area contributed by atoms with Gasteiger partial charge in [-0.1, -0.05) is 103 Å². The molecule has 4 heteroatoms. The number of rotatable bonds is 13. The molecular formula is C23H42OS3. The molecule has 0 aromatic heterocycles. The standard InChI is InChI=1S/C23H42OS3/c1-5-6-7-8-9-10-11-12-13-14-16-27-22(24)20(23(2,3)4)19-21-25-17-15-18-26-21/h19-20H,5-18H2,1-4H3. The third kappa shape index (κ3) is 12.6. The fourth-order valence-corrected chi connectivity index (χ4v) is 6.81. The summed E-state index contributed by atoms with van der Waals surface area (Å²) in [5, 5.41) is 0.373. The highest BCUT2D eigenvalue weighted by Gasteiger charge is 2.30. The topological polar surface area (TPSA) is 17.1 Å². The third-order valence-electron chi connectivity index (χ3n) is 5.01. The molecule has 0 aromatic rings. The molecule has 0 saturated carbocycles. The van der Waals surface area contributed by atoms with Crippen LogP contribution in [0.2, 0.25) is 0 Å². The van der Waals surface area contributed by atoms with Gasteiger partial charge in [0.05, 0.1) is 5.92 Å². The molecule has 1 heterocycles. The lowest BCUT2D eigenvalue weighted by Crippen LogP contribution is -2.25. The minimum absolute atomic E-state index is 0.00737. The third-order valence-corrected chi connectivity index (χ3v) is 8.57. The van der Waals surface area contributed by atoms with Crippen molar-refractivity contribution in [1.82, 2.24) is 0 Å². The van der Waals surface area contributed by atoms with Crippen molar-refractivity contribution >= 4 is 40.4 Å². The molecule has 0 aliphatic carbocycles. The predicted octanol–water partition coefficient (Wildman–Crippen LogP) is 8.54. The average Bonchev–Trinajstić information content (AvgIpc) is 2.64. The van der Waals surface area contributed by atoms with E-state index in [0.29, 0.717) is 5.12 Å². The largest absolute Gasteiger partial charge is 0.287 e. The number of carbonyl (C=O) groups excluding carboxylic acids is 1. The van der Waals surface area contributed by atoms with Crippen molar-refractivity contribution in [3.05, 3.63) is 10.3 Å². The number of carbonyl (C=O) groups is 1. The second-order valence-electron chi connectivity index (χ2n) is 8.73. The van der Waals surface area contributed by atoms with E-state index in [1.807, 2.05) is 23.5 Å². The Morgan fingerprint density at radius 1 is 0.963 bits per heavy atom. The zero-order valence-corrected chi connectivity index (χ0v) is 20.6. The number of hydrogen-bond acceptors (Lipinski definition) is 4. The molecule has 0 amide bonds. The molecule has 0 spiro atoms. The SMILES string of the molecule is CCCCCCCCCCCCSC(=O)C(C=C1SCCCS1)C(C)(C)C. The van der Waals surface area contributed by atoms with Gasteiger partial charge in [-0.2, -0.15) is 0 Å². The Morgan fingerprint density at radius 3 is 2.00 bits per heavy atom. The lowest BCUT2D eigenvalue weighted by molar-refractivity contribution is -0.115. The van der Waals surface area contributed by atoms with E-state index in [0.717, 1.165) is 5.75 Å². The van der Waals surface area contributed by atoms with Crippen molar-refractivity contribution in [1.29, 1.82) is 0 Å². The lowest BCUT2D eigenvalue weighted by atomic mass is 9.82. The monoisotopic (exact) mass is 430 g/mol. The van der Waals surface area contributed by atoms with Crippen LogP contribution in [0.5, 0.6) is 0 Å². The number of thioether (sulfide) groups is 3. The molecule has 0 N–H and O–H groups in total. The number of unbranched alkanes of at least 4 members (excludes halogenated alkanes) is 9. The normalized spacial score (nSPS) is 16.4. The quantitative estimate of drug-likeness (QED) is 0.272. The van der Waals surface area contributed by atoms with E-state index in [1.165, 1.54) is 86.4 Å². The summed E-state index contributed by atoms with van der Waals surface area (Å²) in [6, 6.07) is 0. The Kier molecular flexibility index (Phi) is 14.5. The highest BCUT2D eigenvalue weighted by molar-refractivity contribution is 8.22. The zero-order chi connectivity index (χ0) is 20.0. The molecule has 158 valence electrons. The van der Waals surface area contributed by atoms with Gasteiger partial charge in [-0.25, -0.2) is 0 Å². The van der Waals surface area contributed by atoms with Crippen LogP contribution >= 0.6 is 35.3 Å². The van der Waals surface area contributed by atoms with Crippen LogP contribution in [0.25, 0.3) is 0 Å². The molecule has 1 atom stereocenters. The van der Waals surface area contributed by atoms with Gasteiger partial charge in [0, 0.05) is 9.99 Å². The molecule has 27 heavy (non-hydrogen) atoms. The summed E-state index contributed by atoms with van der Waals surface area (Å²) in [5.74, 6) is 3.44. The zero-order valence-electron chi connectivity index (χ0n) is 18.2. The Balaban J connectivity index is 2.19. The van der Waals surface area contributed by atoms with Crippen LogP contribution in [0.1, 0.15) is 98.3 Å². The molecule has 1 saturated heterocycles. The summed E-state index contributed by atoms with van der Waals surface area (Å²) in [6.07, 6.45) is 17.1. The highest BCUT2D eigenvalue weighted by Crippen LogP contribution is 2.40. The fourth-order valence-electron chi connectivity index (χ4n) is 3.20. The van der Waals surface area contributed by atoms with E-state index in [1.54, 1.807) is 11.8 Å². The molecule has 1 fully saturated rings. The van der Waals surface area contributed by atoms with Gasteiger partial charge in [0.25, 0.3) is 0 Å². The average molecular weight is 431 g/mol. The highest BCUT2D eigenvalue weighted by atomic mass is 32.2. The molecule has 1 rings (SSSR count). The van der Waals surface area contributed by atoms with Crippen molar-refractivity contribution in [2.24, 2.45) is 11.3 Å². The van der Waals surface area contributed by atoms with Gasteiger partial charge in [-0.05, 0) is 29.8 Å². The summed E-state index contributed by atoms with van der Waals surface area (Å²) < 4.78 is 1.37. The number of hydrogen-bond donors (Lipinski definition) is 0. The van der Waals surface area contributed by atoms with Crippen LogP contribution in [-0.4, -0.2) is 22.4 Å². The maximum atomic E-state index is 12.8. The van der Waals surface area contributed by atoms with E-state index in [9.17, 15) is 4.79 Å². The van der Waals surface area contributed by atoms with Crippen LogP contribution in [0.15, 0.2) is 10.3 Å². The van der Waals surface area contributed by atoms with Crippen molar-refractivity contribution in [2.75, 3.05) is 17.3 Å². The molecule has 1 unspecified atom stereocenters. The van der Waals surface area contributed by atoms with Gasteiger partial charge < -0.3 is 0 Å². The first-order valence-corrected chi connectivity index (χ1v) is 14.0. The second-order valence-corrected chi connectivity index (χ2v) is 12.4. The van der Waals surface area contributed by atoms with Gasteiger partial charge in [0.15, 0.2) is 5.12 Å². The molecule has 0 aromatic carbocycles. The van der Waals surface area contributed by atoms with Crippen LogP contribution in [0.3, 0.4) is 0 Å². The van der Waals surface area contributed by atoms with E-state index < -0.39 is 0 Å². The van der Waals surface area contributed by atoms with Crippen molar-refractivity contribution in [3.8, 4) is 0 Å². The van der Waals surface area contributed by atoms with E-state index in [4.69, 9.17) is 0 Å². The van der Waals surface area contributed by atoms with Gasteiger partial charge in [0.2, 0.25) is 0 Å². The fraction of sp³-hybridized carbons (Fsp3) is 0.870. The van der Waals surface area contributed by atoms with Crippen LogP contribution in [0, 0.1) is 11.3 Å². The van der Waals surface area contributed by atoms with E-state index in [-0.39, 0.29) is 11.3 Å². The van der Waals surface area contributed by atoms with E-state index in [2.05, 4.69) is 33.8 Å². The Bertz CT molecular complexity index is 418. The van der Waals surface area contributed by atoms with Gasteiger partial charge >= 0.3 is 0 Å². The summed E-state index contributed by atoms with van der Waals surface area (Å²) >= 11 is 5.44. The Morgan fingerprint density at radius 2 is 1.48 bits per heavy atom. The summed E-state index contributed by atoms with van der Waals surface area (Å²) in [5.41, 5.74) is 0.00737. The molecule has 1 nitrogen and oxygen atoms in total.